The molecule has 0 N–H and O–H groups in total. The molecule has 2 saturated heterocycles. The number of hydrogen-bond acceptors (Lipinski definition) is 5. The lowest BCUT2D eigenvalue weighted by Gasteiger charge is -2.17. The molecule has 0 aromatic rings. The lowest BCUT2D eigenvalue weighted by atomic mass is 9.81. The van der Waals surface area contributed by atoms with Crippen molar-refractivity contribution in [3.05, 3.63) is 12.2 Å². The third kappa shape index (κ3) is 2.44. The Morgan fingerprint density at radius 1 is 1.31 bits per heavy atom. The van der Waals surface area contributed by atoms with Crippen LogP contribution in [0.5, 0.6) is 0 Å². The highest BCUT2D eigenvalue weighted by Crippen LogP contribution is 2.29. The zero-order chi connectivity index (χ0) is 11.7. The Kier molecular flexibility index (Phi) is 3.00. The number of epoxide rings is 1. The molecule has 16 heavy (non-hydrogen) atoms. The summed E-state index contributed by atoms with van der Waals surface area (Å²) in [6, 6.07) is -0.302. The van der Waals surface area contributed by atoms with Crippen molar-refractivity contribution >= 4 is 19.1 Å². The van der Waals surface area contributed by atoms with Crippen LogP contribution in [0.15, 0.2) is 12.2 Å². The second-order valence-corrected chi connectivity index (χ2v) is 4.00. The monoisotopic (exact) mass is 224 g/mol. The number of hydrogen-bond donors (Lipinski definition) is 0. The van der Waals surface area contributed by atoms with E-state index in [1.54, 1.807) is 0 Å². The topological polar surface area (TPSA) is 65.1 Å². The van der Waals surface area contributed by atoms with Gasteiger partial charge >= 0.3 is 7.12 Å². The van der Waals surface area contributed by atoms with Gasteiger partial charge in [-0.1, -0.05) is 19.1 Å². The molecule has 0 spiro atoms. The Hall–Kier alpha value is -1.30. The molecule has 2 rings (SSSR count). The van der Waals surface area contributed by atoms with Crippen LogP contribution in [-0.2, 0) is 23.6 Å². The zero-order valence-corrected chi connectivity index (χ0v) is 9.10. The molecule has 0 amide bonds. The van der Waals surface area contributed by atoms with E-state index in [4.69, 9.17) is 14.0 Å². The largest absolute Gasteiger partial charge is 0.632 e. The number of rotatable bonds is 2. The van der Waals surface area contributed by atoms with E-state index in [0.717, 1.165) is 6.42 Å². The molecule has 5 nitrogen and oxygen atoms in total. The van der Waals surface area contributed by atoms with Gasteiger partial charge in [-0.2, -0.15) is 0 Å². The maximum Gasteiger partial charge on any atom is 0.632 e. The van der Waals surface area contributed by atoms with Crippen molar-refractivity contribution < 1.29 is 23.6 Å². The Labute approximate surface area is 93.9 Å². The first kappa shape index (κ1) is 11.2. The van der Waals surface area contributed by atoms with Gasteiger partial charge < -0.3 is 14.0 Å². The molecule has 6 heteroatoms. The Bertz CT molecular complexity index is 318. The van der Waals surface area contributed by atoms with Crippen molar-refractivity contribution in [2.24, 2.45) is 0 Å². The molecule has 2 heterocycles. The predicted octanol–water partition coefficient (Wildman–Crippen LogP) is 0.628. The quantitative estimate of drug-likeness (QED) is 0.391. The van der Waals surface area contributed by atoms with Crippen LogP contribution in [0.25, 0.3) is 0 Å². The summed E-state index contributed by atoms with van der Waals surface area (Å²) in [5, 5.41) is 0. The molecule has 2 aliphatic heterocycles. The smallest absolute Gasteiger partial charge is 0.497 e. The van der Waals surface area contributed by atoms with Crippen LogP contribution < -0.4 is 0 Å². The Morgan fingerprint density at radius 2 is 1.88 bits per heavy atom. The molecule has 2 aliphatic rings. The lowest BCUT2D eigenvalue weighted by molar-refractivity contribution is -0.141. The first-order valence-corrected chi connectivity index (χ1v) is 5.31. The van der Waals surface area contributed by atoms with E-state index >= 15 is 0 Å². The molecular formula is C10H13BO5. The van der Waals surface area contributed by atoms with Crippen LogP contribution in [0.1, 0.15) is 26.2 Å². The Balaban J connectivity index is 2.00. The average Bonchev–Trinajstić information content (AvgIpc) is 2.92. The van der Waals surface area contributed by atoms with Gasteiger partial charge in [0.15, 0.2) is 0 Å². The van der Waals surface area contributed by atoms with Crippen LogP contribution in [0.3, 0.4) is 0 Å². The molecule has 0 aliphatic carbocycles. The SMILES string of the molecule is C=C1CC(=O)OB([C@@H]2O[C@H]2CC)OC(=O)C1. The summed E-state index contributed by atoms with van der Waals surface area (Å²) < 4.78 is 15.3. The van der Waals surface area contributed by atoms with Gasteiger partial charge in [-0.25, -0.2) is 0 Å². The highest BCUT2D eigenvalue weighted by atomic mass is 16.7. The van der Waals surface area contributed by atoms with Gasteiger partial charge in [0.1, 0.15) is 6.00 Å². The van der Waals surface area contributed by atoms with E-state index in [9.17, 15) is 9.59 Å². The van der Waals surface area contributed by atoms with Gasteiger partial charge in [0.25, 0.3) is 11.9 Å². The Morgan fingerprint density at radius 3 is 2.31 bits per heavy atom. The average molecular weight is 224 g/mol. The van der Waals surface area contributed by atoms with E-state index in [1.165, 1.54) is 0 Å². The van der Waals surface area contributed by atoms with Crippen molar-refractivity contribution in [1.82, 2.24) is 0 Å². The summed E-state index contributed by atoms with van der Waals surface area (Å²) in [4.78, 5) is 22.7. The van der Waals surface area contributed by atoms with E-state index < -0.39 is 19.1 Å². The molecule has 86 valence electrons. The molecule has 2 atom stereocenters. The van der Waals surface area contributed by atoms with Gasteiger partial charge in [-0.15, -0.1) is 0 Å². The van der Waals surface area contributed by atoms with Crippen molar-refractivity contribution in [2.45, 2.75) is 38.3 Å². The number of ether oxygens (including phenoxy) is 1. The third-order valence-electron chi connectivity index (χ3n) is 2.58. The fourth-order valence-electron chi connectivity index (χ4n) is 1.70. The van der Waals surface area contributed by atoms with Crippen LogP contribution in [0.2, 0.25) is 0 Å². The van der Waals surface area contributed by atoms with E-state index in [0.29, 0.717) is 5.57 Å². The minimum Gasteiger partial charge on any atom is -0.497 e. The third-order valence-corrected chi connectivity index (χ3v) is 2.58. The van der Waals surface area contributed by atoms with Gasteiger partial charge in [-0.3, -0.25) is 9.59 Å². The summed E-state index contributed by atoms with van der Waals surface area (Å²) in [6.07, 6.45) is 0.959. The highest BCUT2D eigenvalue weighted by Gasteiger charge is 2.54. The molecule has 0 saturated carbocycles. The van der Waals surface area contributed by atoms with Gasteiger partial charge in [0.05, 0.1) is 18.9 Å². The van der Waals surface area contributed by atoms with Crippen LogP contribution in [-0.4, -0.2) is 31.2 Å². The number of carbonyl (C=O) groups is 2. The molecule has 0 aromatic heterocycles. The van der Waals surface area contributed by atoms with E-state index in [1.807, 2.05) is 6.92 Å². The predicted molar refractivity (Wildman–Crippen MR) is 55.3 cm³/mol. The van der Waals surface area contributed by atoms with E-state index in [2.05, 4.69) is 6.58 Å². The maximum atomic E-state index is 11.4. The zero-order valence-electron chi connectivity index (χ0n) is 9.10. The van der Waals surface area contributed by atoms with Gasteiger partial charge in [0, 0.05) is 0 Å². The molecule has 0 aromatic carbocycles. The number of carbonyl (C=O) groups excluding carboxylic acids is 2. The molecule has 0 radical (unpaired) electrons. The van der Waals surface area contributed by atoms with Gasteiger partial charge in [0.2, 0.25) is 0 Å². The van der Waals surface area contributed by atoms with Crippen molar-refractivity contribution in [3.63, 3.8) is 0 Å². The minimum atomic E-state index is -0.891. The summed E-state index contributed by atoms with van der Waals surface area (Å²) in [6.45, 7) is 5.56. The second kappa shape index (κ2) is 4.29. The second-order valence-electron chi connectivity index (χ2n) is 4.00. The molecule has 2 fully saturated rings. The molecular weight excluding hydrogens is 211 g/mol. The van der Waals surface area contributed by atoms with Crippen molar-refractivity contribution in [2.75, 3.05) is 0 Å². The van der Waals surface area contributed by atoms with Crippen molar-refractivity contribution in [1.29, 1.82) is 0 Å². The van der Waals surface area contributed by atoms with Crippen LogP contribution >= 0.6 is 0 Å². The fourth-order valence-corrected chi connectivity index (χ4v) is 1.70. The first-order valence-electron chi connectivity index (χ1n) is 5.31. The summed E-state index contributed by atoms with van der Waals surface area (Å²) in [5.41, 5.74) is 0.511. The fraction of sp³-hybridized carbons (Fsp3) is 0.600. The lowest BCUT2D eigenvalue weighted by Crippen LogP contribution is -2.37. The summed E-state index contributed by atoms with van der Waals surface area (Å²) in [7, 11) is -0.891. The first-order chi connectivity index (χ1) is 7.60. The molecule has 0 unspecified atom stereocenters. The summed E-state index contributed by atoms with van der Waals surface area (Å²) in [5.74, 6) is -0.847. The maximum absolute atomic E-state index is 11.4. The summed E-state index contributed by atoms with van der Waals surface area (Å²) >= 11 is 0. The molecule has 0 bridgehead atoms. The van der Waals surface area contributed by atoms with Crippen LogP contribution in [0, 0.1) is 0 Å². The van der Waals surface area contributed by atoms with Gasteiger partial charge in [-0.05, 0) is 6.42 Å². The van der Waals surface area contributed by atoms with Crippen LogP contribution in [0.4, 0.5) is 0 Å². The standard InChI is InChI=1S/C10H13BO5/c1-3-7-10(14-7)11-15-8(12)4-6(2)5-9(13)16-11/h7,10H,2-5H2,1H3/t7-,10+/m0/s1. The normalized spacial score (nSPS) is 30.3. The van der Waals surface area contributed by atoms with E-state index in [-0.39, 0.29) is 24.9 Å². The van der Waals surface area contributed by atoms with Crippen molar-refractivity contribution in [3.8, 4) is 0 Å². The highest BCUT2D eigenvalue weighted by molar-refractivity contribution is 6.51. The minimum absolute atomic E-state index is 0.0215.